The SMILES string of the molecule is COc1cccc(-c2ccc(C(=O)N[C@H]3CCN([C@H]4CC[C@@H](NC(C)(C)C)C[C@@]4(C)C(=O)O)C3=O)o2)c1. The number of furan rings is 1. The molecule has 3 N–H and O–H groups in total. The van der Waals surface area contributed by atoms with Crippen LogP contribution in [0.2, 0.25) is 0 Å². The predicted molar refractivity (Wildman–Crippen MR) is 138 cm³/mol. The van der Waals surface area contributed by atoms with Gasteiger partial charge in [-0.15, -0.1) is 0 Å². The van der Waals surface area contributed by atoms with E-state index in [1.54, 1.807) is 31.1 Å². The zero-order chi connectivity index (χ0) is 27.0. The molecule has 9 nitrogen and oxygen atoms in total. The Balaban J connectivity index is 1.43. The highest BCUT2D eigenvalue weighted by Gasteiger charge is 2.52. The molecule has 1 saturated heterocycles. The maximum Gasteiger partial charge on any atom is 0.311 e. The summed E-state index contributed by atoms with van der Waals surface area (Å²) >= 11 is 0. The summed E-state index contributed by atoms with van der Waals surface area (Å²) in [6.07, 6.45) is 2.23. The molecule has 0 radical (unpaired) electrons. The molecule has 2 heterocycles. The Hall–Kier alpha value is -3.33. The summed E-state index contributed by atoms with van der Waals surface area (Å²) in [7, 11) is 1.58. The predicted octanol–water partition coefficient (Wildman–Crippen LogP) is 3.69. The van der Waals surface area contributed by atoms with Crippen molar-refractivity contribution in [2.75, 3.05) is 13.7 Å². The minimum absolute atomic E-state index is 0.0586. The van der Waals surface area contributed by atoms with Crippen LogP contribution in [0.1, 0.15) is 63.9 Å². The van der Waals surface area contributed by atoms with E-state index in [2.05, 4.69) is 31.4 Å². The number of hydrogen-bond donors (Lipinski definition) is 3. The summed E-state index contributed by atoms with van der Waals surface area (Å²) in [4.78, 5) is 40.3. The van der Waals surface area contributed by atoms with E-state index in [1.807, 2.05) is 24.3 Å². The van der Waals surface area contributed by atoms with Crippen molar-refractivity contribution in [2.24, 2.45) is 5.41 Å². The molecular weight excluding hydrogens is 474 g/mol. The highest BCUT2D eigenvalue weighted by molar-refractivity contribution is 5.96. The van der Waals surface area contributed by atoms with Crippen LogP contribution >= 0.6 is 0 Å². The number of nitrogens with one attached hydrogen (secondary N) is 2. The molecule has 2 fully saturated rings. The molecule has 0 bridgehead atoms. The Morgan fingerprint density at radius 1 is 1.16 bits per heavy atom. The van der Waals surface area contributed by atoms with Crippen molar-refractivity contribution in [1.82, 2.24) is 15.5 Å². The van der Waals surface area contributed by atoms with Gasteiger partial charge in [-0.2, -0.15) is 0 Å². The molecule has 4 atom stereocenters. The number of rotatable bonds is 7. The smallest absolute Gasteiger partial charge is 0.311 e. The fourth-order valence-electron chi connectivity index (χ4n) is 5.66. The number of carbonyl (C=O) groups excluding carboxylic acids is 2. The van der Waals surface area contributed by atoms with Crippen LogP contribution in [0.4, 0.5) is 0 Å². The van der Waals surface area contributed by atoms with Gasteiger partial charge in [0.05, 0.1) is 12.5 Å². The van der Waals surface area contributed by atoms with Crippen LogP contribution in [0.3, 0.4) is 0 Å². The van der Waals surface area contributed by atoms with Gasteiger partial charge < -0.3 is 29.8 Å². The summed E-state index contributed by atoms with van der Waals surface area (Å²) in [6, 6.07) is 9.50. The number of carboxylic acids is 1. The Kier molecular flexibility index (Phi) is 7.37. The Bertz CT molecular complexity index is 1170. The second-order valence-electron chi connectivity index (χ2n) is 11.4. The monoisotopic (exact) mass is 511 g/mol. The number of carbonyl (C=O) groups is 3. The first-order chi connectivity index (χ1) is 17.4. The summed E-state index contributed by atoms with van der Waals surface area (Å²) in [6.45, 7) is 8.33. The van der Waals surface area contributed by atoms with E-state index in [4.69, 9.17) is 9.15 Å². The number of carboxylic acid groups (broad SMARTS) is 1. The number of likely N-dealkylation sites (tertiary alicyclic amines) is 1. The molecule has 2 amide bonds. The van der Waals surface area contributed by atoms with E-state index in [0.29, 0.717) is 37.3 Å². The van der Waals surface area contributed by atoms with Gasteiger partial charge in [0.1, 0.15) is 17.6 Å². The summed E-state index contributed by atoms with van der Waals surface area (Å²) in [5, 5.41) is 16.5. The average Bonchev–Trinajstić information content (AvgIpc) is 3.46. The minimum atomic E-state index is -1.08. The van der Waals surface area contributed by atoms with Gasteiger partial charge in [-0.3, -0.25) is 14.4 Å². The number of ether oxygens (including phenoxy) is 1. The van der Waals surface area contributed by atoms with Crippen LogP contribution in [-0.2, 0) is 9.59 Å². The molecule has 1 saturated carbocycles. The molecule has 200 valence electrons. The Labute approximate surface area is 217 Å². The zero-order valence-electron chi connectivity index (χ0n) is 22.2. The number of methoxy groups -OCH3 is 1. The Morgan fingerprint density at radius 2 is 1.92 bits per heavy atom. The van der Waals surface area contributed by atoms with Gasteiger partial charge in [0, 0.05) is 29.7 Å². The van der Waals surface area contributed by atoms with Crippen molar-refractivity contribution in [3.63, 3.8) is 0 Å². The quantitative estimate of drug-likeness (QED) is 0.518. The number of benzene rings is 1. The first-order valence-corrected chi connectivity index (χ1v) is 12.8. The molecule has 2 aromatic rings. The van der Waals surface area contributed by atoms with Crippen molar-refractivity contribution >= 4 is 17.8 Å². The molecule has 0 spiro atoms. The third-order valence-corrected chi connectivity index (χ3v) is 7.43. The van der Waals surface area contributed by atoms with E-state index in [-0.39, 0.29) is 23.2 Å². The van der Waals surface area contributed by atoms with Crippen molar-refractivity contribution < 1.29 is 28.6 Å². The molecule has 1 aliphatic heterocycles. The largest absolute Gasteiger partial charge is 0.497 e. The van der Waals surface area contributed by atoms with Crippen LogP contribution in [-0.4, -0.2) is 65.1 Å². The molecular formula is C28H37N3O6. The van der Waals surface area contributed by atoms with Crippen molar-refractivity contribution in [1.29, 1.82) is 0 Å². The lowest BCUT2D eigenvalue weighted by Crippen LogP contribution is -2.59. The van der Waals surface area contributed by atoms with Crippen molar-refractivity contribution in [3.05, 3.63) is 42.2 Å². The van der Waals surface area contributed by atoms with Crippen LogP contribution in [0.15, 0.2) is 40.8 Å². The lowest BCUT2D eigenvalue weighted by atomic mass is 9.68. The maximum atomic E-state index is 13.3. The Morgan fingerprint density at radius 3 is 2.59 bits per heavy atom. The summed E-state index contributed by atoms with van der Waals surface area (Å²) in [5.74, 6) is -0.331. The first kappa shape index (κ1) is 26.7. The summed E-state index contributed by atoms with van der Waals surface area (Å²) < 4.78 is 11.0. The second-order valence-corrected chi connectivity index (χ2v) is 11.4. The van der Waals surface area contributed by atoms with Gasteiger partial charge in [-0.25, -0.2) is 0 Å². The van der Waals surface area contributed by atoms with E-state index < -0.39 is 29.4 Å². The van der Waals surface area contributed by atoms with Gasteiger partial charge in [-0.05, 0) is 77.6 Å². The lowest BCUT2D eigenvalue weighted by Gasteiger charge is -2.47. The highest BCUT2D eigenvalue weighted by atomic mass is 16.5. The number of hydrogen-bond acceptors (Lipinski definition) is 6. The van der Waals surface area contributed by atoms with Crippen LogP contribution < -0.4 is 15.4 Å². The normalized spacial score (nSPS) is 26.2. The molecule has 0 unspecified atom stereocenters. The lowest BCUT2D eigenvalue weighted by molar-refractivity contribution is -0.158. The standard InChI is InChI=1S/C28H37N3O6/c1-27(2,3)30-18-9-12-23(28(4,16-18)26(34)35)31-14-13-20(25(31)33)29-24(32)22-11-10-21(37-22)17-7-6-8-19(15-17)36-5/h6-8,10-11,15,18,20,23,30H,9,12-14,16H2,1-5H3,(H,29,32)(H,34,35)/t18-,20+,23+,28-/m1/s1. The van der Waals surface area contributed by atoms with Crippen LogP contribution in [0.5, 0.6) is 5.75 Å². The third kappa shape index (κ3) is 5.66. The number of aliphatic carboxylic acids is 1. The molecule has 1 aliphatic carbocycles. The topological polar surface area (TPSA) is 121 Å². The zero-order valence-corrected chi connectivity index (χ0v) is 22.2. The second kappa shape index (κ2) is 10.2. The van der Waals surface area contributed by atoms with E-state index in [0.717, 1.165) is 12.0 Å². The first-order valence-electron chi connectivity index (χ1n) is 12.8. The van der Waals surface area contributed by atoms with Crippen LogP contribution in [0.25, 0.3) is 11.3 Å². The van der Waals surface area contributed by atoms with Gasteiger partial charge in [0.15, 0.2) is 5.76 Å². The van der Waals surface area contributed by atoms with E-state index in [1.165, 1.54) is 0 Å². The van der Waals surface area contributed by atoms with Gasteiger partial charge >= 0.3 is 5.97 Å². The molecule has 1 aromatic carbocycles. The van der Waals surface area contributed by atoms with E-state index in [9.17, 15) is 19.5 Å². The number of amides is 2. The molecule has 37 heavy (non-hydrogen) atoms. The van der Waals surface area contributed by atoms with Gasteiger partial charge in [0.25, 0.3) is 5.91 Å². The highest BCUT2D eigenvalue weighted by Crippen LogP contribution is 2.41. The van der Waals surface area contributed by atoms with Crippen LogP contribution in [0, 0.1) is 5.41 Å². The molecule has 9 heteroatoms. The average molecular weight is 512 g/mol. The van der Waals surface area contributed by atoms with E-state index >= 15 is 0 Å². The van der Waals surface area contributed by atoms with Crippen molar-refractivity contribution in [3.8, 4) is 17.1 Å². The maximum absolute atomic E-state index is 13.3. The van der Waals surface area contributed by atoms with Gasteiger partial charge in [0.2, 0.25) is 5.91 Å². The number of nitrogens with zero attached hydrogens (tertiary/aromatic N) is 1. The molecule has 4 rings (SSSR count). The van der Waals surface area contributed by atoms with Gasteiger partial charge in [-0.1, -0.05) is 12.1 Å². The fourth-order valence-corrected chi connectivity index (χ4v) is 5.66. The molecule has 1 aromatic heterocycles. The molecule has 2 aliphatic rings. The fraction of sp³-hybridized carbons (Fsp3) is 0.536. The summed E-state index contributed by atoms with van der Waals surface area (Å²) in [5.41, 5.74) is -0.442. The third-order valence-electron chi connectivity index (χ3n) is 7.43. The minimum Gasteiger partial charge on any atom is -0.497 e. The van der Waals surface area contributed by atoms with Crippen molar-refractivity contribution in [2.45, 2.75) is 77.0 Å².